The summed E-state index contributed by atoms with van der Waals surface area (Å²) in [6.45, 7) is 8.80. The monoisotopic (exact) mass is 498 g/mol. The fraction of sp³-hybridized carbons (Fsp3) is 0.519. The summed E-state index contributed by atoms with van der Waals surface area (Å²) in [5, 5.41) is 3.05. The Morgan fingerprint density at radius 2 is 1.43 bits per heavy atom. The number of likely N-dealkylation sites (tertiary alicyclic amines) is 1. The van der Waals surface area contributed by atoms with E-state index in [9.17, 15) is 13.2 Å². The number of amides is 1. The van der Waals surface area contributed by atoms with Crippen LogP contribution in [0.4, 0.5) is 0 Å². The van der Waals surface area contributed by atoms with Crippen molar-refractivity contribution in [1.29, 1.82) is 0 Å². The molecule has 190 valence electrons. The van der Waals surface area contributed by atoms with Gasteiger partial charge in [0.25, 0.3) is 5.91 Å². The molecule has 8 heteroatoms. The summed E-state index contributed by atoms with van der Waals surface area (Å²) in [4.78, 5) is 17.5. The number of carbonyl (C=O) groups is 1. The Labute approximate surface area is 210 Å². The number of piperazine rings is 1. The van der Waals surface area contributed by atoms with Crippen molar-refractivity contribution in [2.24, 2.45) is 0 Å². The lowest BCUT2D eigenvalue weighted by Gasteiger charge is -2.33. The van der Waals surface area contributed by atoms with Crippen LogP contribution >= 0.6 is 0 Å². The van der Waals surface area contributed by atoms with Crippen molar-refractivity contribution in [2.75, 3.05) is 45.0 Å². The van der Waals surface area contributed by atoms with Gasteiger partial charge >= 0.3 is 0 Å². The second kappa shape index (κ2) is 12.1. The highest BCUT2D eigenvalue weighted by molar-refractivity contribution is 7.89. The molecular formula is C27H38N4O3S. The molecule has 2 heterocycles. The SMILES string of the molecule is CCS(=O)(=O)N1CCN(Cc2ccc(C(=O)NCc3cccc(CN4CCCCC4)c3)cc2)CC1. The summed E-state index contributed by atoms with van der Waals surface area (Å²) in [6.07, 6.45) is 3.91. The highest BCUT2D eigenvalue weighted by Crippen LogP contribution is 2.15. The van der Waals surface area contributed by atoms with Gasteiger partial charge in [-0.15, -0.1) is 0 Å². The topological polar surface area (TPSA) is 73.0 Å². The fourth-order valence-corrected chi connectivity index (χ4v) is 5.95. The minimum absolute atomic E-state index is 0.0728. The van der Waals surface area contributed by atoms with E-state index in [-0.39, 0.29) is 11.7 Å². The molecule has 4 rings (SSSR count). The molecule has 2 aromatic rings. The normalized spacial score (nSPS) is 18.4. The fourth-order valence-electron chi connectivity index (χ4n) is 4.87. The van der Waals surface area contributed by atoms with Gasteiger partial charge in [-0.3, -0.25) is 14.6 Å². The molecule has 0 radical (unpaired) electrons. The van der Waals surface area contributed by atoms with E-state index >= 15 is 0 Å². The minimum Gasteiger partial charge on any atom is -0.348 e. The summed E-state index contributed by atoms with van der Waals surface area (Å²) in [6, 6.07) is 16.2. The van der Waals surface area contributed by atoms with E-state index in [2.05, 4.69) is 39.4 Å². The quantitative estimate of drug-likeness (QED) is 0.575. The van der Waals surface area contributed by atoms with Crippen molar-refractivity contribution in [2.45, 2.75) is 45.8 Å². The molecular weight excluding hydrogens is 460 g/mol. The second-order valence-corrected chi connectivity index (χ2v) is 11.9. The Hall–Kier alpha value is -2.26. The van der Waals surface area contributed by atoms with Gasteiger partial charge in [-0.25, -0.2) is 8.42 Å². The lowest BCUT2D eigenvalue weighted by molar-refractivity contribution is 0.0951. The summed E-state index contributed by atoms with van der Waals surface area (Å²) in [5.74, 6) is 0.0805. The van der Waals surface area contributed by atoms with Crippen LogP contribution in [-0.2, 0) is 29.7 Å². The van der Waals surface area contributed by atoms with Crippen LogP contribution in [0.1, 0.15) is 53.2 Å². The lowest BCUT2D eigenvalue weighted by atomic mass is 10.1. The number of nitrogens with one attached hydrogen (secondary N) is 1. The number of rotatable bonds is 9. The largest absolute Gasteiger partial charge is 0.348 e. The Balaban J connectivity index is 1.24. The maximum atomic E-state index is 12.7. The number of benzene rings is 2. The number of nitrogens with zero attached hydrogens (tertiary/aromatic N) is 3. The van der Waals surface area contributed by atoms with Gasteiger partial charge in [0.1, 0.15) is 0 Å². The third-order valence-electron chi connectivity index (χ3n) is 7.01. The third kappa shape index (κ3) is 7.36. The summed E-state index contributed by atoms with van der Waals surface area (Å²) in [5.41, 5.74) is 4.20. The first-order valence-corrected chi connectivity index (χ1v) is 14.4. The van der Waals surface area contributed by atoms with E-state index in [1.807, 2.05) is 24.3 Å². The molecule has 2 aliphatic heterocycles. The van der Waals surface area contributed by atoms with Gasteiger partial charge in [0.2, 0.25) is 10.0 Å². The molecule has 0 spiro atoms. The molecule has 1 N–H and O–H groups in total. The van der Waals surface area contributed by atoms with Crippen molar-refractivity contribution in [1.82, 2.24) is 19.4 Å². The van der Waals surface area contributed by atoms with Crippen LogP contribution < -0.4 is 5.32 Å². The number of sulfonamides is 1. The zero-order valence-electron chi connectivity index (χ0n) is 20.8. The van der Waals surface area contributed by atoms with Gasteiger partial charge in [-0.05, 0) is 61.7 Å². The first kappa shape index (κ1) is 25.8. The van der Waals surface area contributed by atoms with E-state index in [0.29, 0.717) is 25.2 Å². The molecule has 2 fully saturated rings. The average molecular weight is 499 g/mol. The number of carbonyl (C=O) groups excluding carboxylic acids is 1. The van der Waals surface area contributed by atoms with Crippen molar-refractivity contribution in [3.63, 3.8) is 0 Å². The Morgan fingerprint density at radius 1 is 0.800 bits per heavy atom. The van der Waals surface area contributed by atoms with Crippen molar-refractivity contribution >= 4 is 15.9 Å². The first-order valence-electron chi connectivity index (χ1n) is 12.8. The van der Waals surface area contributed by atoms with E-state index in [1.54, 1.807) is 11.2 Å². The van der Waals surface area contributed by atoms with Gasteiger partial charge in [0, 0.05) is 51.4 Å². The zero-order chi connectivity index (χ0) is 24.7. The molecule has 0 saturated carbocycles. The first-order chi connectivity index (χ1) is 16.9. The predicted octanol–water partition coefficient (Wildman–Crippen LogP) is 3.07. The minimum atomic E-state index is -3.11. The third-order valence-corrected chi connectivity index (χ3v) is 8.89. The predicted molar refractivity (Wildman–Crippen MR) is 139 cm³/mol. The van der Waals surface area contributed by atoms with Crippen LogP contribution in [0.25, 0.3) is 0 Å². The Kier molecular flexibility index (Phi) is 8.94. The molecule has 0 unspecified atom stereocenters. The van der Waals surface area contributed by atoms with E-state index in [0.717, 1.165) is 37.3 Å². The molecule has 0 aromatic heterocycles. The molecule has 2 aromatic carbocycles. The highest BCUT2D eigenvalue weighted by Gasteiger charge is 2.25. The molecule has 0 aliphatic carbocycles. The van der Waals surface area contributed by atoms with Gasteiger partial charge in [-0.2, -0.15) is 4.31 Å². The molecule has 35 heavy (non-hydrogen) atoms. The smallest absolute Gasteiger partial charge is 0.251 e. The van der Waals surface area contributed by atoms with Crippen molar-refractivity contribution in [3.8, 4) is 0 Å². The van der Waals surface area contributed by atoms with Gasteiger partial charge in [0.05, 0.1) is 5.75 Å². The Morgan fingerprint density at radius 3 is 2.11 bits per heavy atom. The molecule has 0 atom stereocenters. The molecule has 1 amide bonds. The zero-order valence-corrected chi connectivity index (χ0v) is 21.6. The number of hydrogen-bond donors (Lipinski definition) is 1. The number of piperidine rings is 1. The second-order valence-electron chi connectivity index (χ2n) is 9.61. The van der Waals surface area contributed by atoms with Crippen LogP contribution in [0, 0.1) is 0 Å². The standard InChI is InChI=1S/C27H38N4O3S/c1-2-35(33,34)31-17-15-30(16-18-31)21-23-9-11-26(12-10-23)27(32)28-20-24-7-6-8-25(19-24)22-29-13-4-3-5-14-29/h6-12,19H,2-5,13-18,20-22H2,1H3,(H,28,32). The van der Waals surface area contributed by atoms with Crippen LogP contribution in [0.5, 0.6) is 0 Å². The maximum absolute atomic E-state index is 12.7. The number of hydrogen-bond acceptors (Lipinski definition) is 5. The summed E-state index contributed by atoms with van der Waals surface area (Å²) >= 11 is 0. The van der Waals surface area contributed by atoms with E-state index < -0.39 is 10.0 Å². The van der Waals surface area contributed by atoms with Crippen LogP contribution in [0.15, 0.2) is 48.5 Å². The molecule has 7 nitrogen and oxygen atoms in total. The van der Waals surface area contributed by atoms with Gasteiger partial charge in [-0.1, -0.05) is 42.8 Å². The van der Waals surface area contributed by atoms with Crippen molar-refractivity contribution < 1.29 is 13.2 Å². The molecule has 0 bridgehead atoms. The van der Waals surface area contributed by atoms with Crippen LogP contribution in [0.2, 0.25) is 0 Å². The van der Waals surface area contributed by atoms with E-state index in [1.165, 1.54) is 37.9 Å². The molecule has 2 saturated heterocycles. The molecule has 2 aliphatic rings. The highest BCUT2D eigenvalue weighted by atomic mass is 32.2. The lowest BCUT2D eigenvalue weighted by Crippen LogP contribution is -2.48. The van der Waals surface area contributed by atoms with Gasteiger partial charge in [0.15, 0.2) is 0 Å². The average Bonchev–Trinajstić information content (AvgIpc) is 2.89. The maximum Gasteiger partial charge on any atom is 0.251 e. The van der Waals surface area contributed by atoms with Crippen LogP contribution in [0.3, 0.4) is 0 Å². The van der Waals surface area contributed by atoms with E-state index in [4.69, 9.17) is 0 Å². The Bertz CT molecular complexity index is 1070. The van der Waals surface area contributed by atoms with Crippen molar-refractivity contribution in [3.05, 3.63) is 70.8 Å². The summed E-state index contributed by atoms with van der Waals surface area (Å²) < 4.78 is 25.6. The van der Waals surface area contributed by atoms with Crippen LogP contribution in [-0.4, -0.2) is 73.5 Å². The summed E-state index contributed by atoms with van der Waals surface area (Å²) in [7, 11) is -3.11. The van der Waals surface area contributed by atoms with Gasteiger partial charge < -0.3 is 5.32 Å².